The average Bonchev–Trinajstić information content (AvgIpc) is 3.37. The molecule has 0 aromatic carbocycles. The number of morpholine rings is 1. The van der Waals surface area contributed by atoms with Crippen LogP contribution in [0.15, 0.2) is 6.07 Å². The summed E-state index contributed by atoms with van der Waals surface area (Å²) in [7, 11) is 0. The summed E-state index contributed by atoms with van der Waals surface area (Å²) < 4.78 is 5.45. The number of rotatable bonds is 4. The Morgan fingerprint density at radius 1 is 1.12 bits per heavy atom. The first kappa shape index (κ1) is 20.5. The number of nitrogens with zero attached hydrogens (tertiary/aromatic N) is 4. The monoisotopic (exact) mass is 389 g/mol. The molecule has 2 aliphatic heterocycles. The van der Waals surface area contributed by atoms with Crippen molar-refractivity contribution < 1.29 is 4.74 Å². The fourth-order valence-electron chi connectivity index (χ4n) is 3.78. The number of ether oxygens (including phenoxy) is 1. The molecule has 0 bridgehead atoms. The Bertz CT molecular complexity index is 566. The van der Waals surface area contributed by atoms with E-state index < -0.39 is 0 Å². The minimum absolute atomic E-state index is 0. The molecule has 3 heterocycles. The number of hydrogen-bond acceptors (Lipinski definition) is 6. The minimum atomic E-state index is 0. The molecule has 2 saturated heterocycles. The molecule has 2 atom stereocenters. The van der Waals surface area contributed by atoms with Crippen molar-refractivity contribution in [2.45, 2.75) is 32.2 Å². The van der Waals surface area contributed by atoms with Gasteiger partial charge >= 0.3 is 0 Å². The Hall–Kier alpha value is -0.820. The van der Waals surface area contributed by atoms with Crippen LogP contribution in [0.3, 0.4) is 0 Å². The third-order valence-corrected chi connectivity index (χ3v) is 5.37. The fourth-order valence-corrected chi connectivity index (χ4v) is 3.78. The van der Waals surface area contributed by atoms with Crippen LogP contribution in [0.4, 0.5) is 11.8 Å². The highest BCUT2D eigenvalue weighted by molar-refractivity contribution is 5.85. The van der Waals surface area contributed by atoms with Gasteiger partial charge in [0.25, 0.3) is 0 Å². The van der Waals surface area contributed by atoms with Crippen LogP contribution in [-0.2, 0) is 11.2 Å². The Balaban J connectivity index is 0.00000113. The van der Waals surface area contributed by atoms with E-state index in [-0.39, 0.29) is 30.9 Å². The lowest BCUT2D eigenvalue weighted by Gasteiger charge is -2.28. The zero-order valence-corrected chi connectivity index (χ0v) is 16.4. The second kappa shape index (κ2) is 8.71. The molecule has 142 valence electrons. The molecule has 0 radical (unpaired) electrons. The molecule has 3 aliphatic rings. The van der Waals surface area contributed by atoms with Gasteiger partial charge in [0.2, 0.25) is 5.95 Å². The predicted octanol–water partition coefficient (Wildman–Crippen LogP) is 1.89. The van der Waals surface area contributed by atoms with Gasteiger partial charge in [-0.3, -0.25) is 0 Å². The van der Waals surface area contributed by atoms with Crippen molar-refractivity contribution in [2.75, 3.05) is 49.2 Å². The van der Waals surface area contributed by atoms with Crippen molar-refractivity contribution >= 4 is 36.6 Å². The summed E-state index contributed by atoms with van der Waals surface area (Å²) in [4.78, 5) is 14.2. The topological polar surface area (TPSA) is 67.5 Å². The highest BCUT2D eigenvalue weighted by atomic mass is 35.5. The van der Waals surface area contributed by atoms with Crippen molar-refractivity contribution in [3.05, 3.63) is 11.8 Å². The lowest BCUT2D eigenvalue weighted by atomic mass is 9.99. The van der Waals surface area contributed by atoms with Gasteiger partial charge < -0.3 is 20.3 Å². The van der Waals surface area contributed by atoms with Crippen LogP contribution in [0.25, 0.3) is 0 Å². The average molecular weight is 390 g/mol. The van der Waals surface area contributed by atoms with E-state index in [1.54, 1.807) is 0 Å². The first-order chi connectivity index (χ1) is 11.2. The molecule has 1 aromatic heterocycles. The summed E-state index contributed by atoms with van der Waals surface area (Å²) in [6.45, 7) is 7.38. The van der Waals surface area contributed by atoms with Crippen LogP contribution in [0.5, 0.6) is 0 Å². The number of nitrogens with two attached hydrogens (primary N) is 1. The molecule has 0 spiro atoms. The summed E-state index contributed by atoms with van der Waals surface area (Å²) in [6, 6.07) is 2.43. The second-order valence-electron chi connectivity index (χ2n) is 7.04. The van der Waals surface area contributed by atoms with Crippen molar-refractivity contribution in [3.8, 4) is 0 Å². The third-order valence-electron chi connectivity index (χ3n) is 5.37. The first-order valence-corrected chi connectivity index (χ1v) is 8.95. The third kappa shape index (κ3) is 4.48. The molecule has 3 fully saturated rings. The van der Waals surface area contributed by atoms with Crippen molar-refractivity contribution in [3.63, 3.8) is 0 Å². The standard InChI is InChI=1S/C17H27N5O.2ClH/c1-2-13-9-16(20-17(19-13)21-5-7-23-8-6-21)22-10-14(12-3-4-12)15(18)11-22;;/h9,12,14-15H,2-8,10-11,18H2,1H3;2*1H/t14-,15+;;/m1../s1. The predicted molar refractivity (Wildman–Crippen MR) is 105 cm³/mol. The Kier molecular flexibility index (Phi) is 7.14. The Morgan fingerprint density at radius 3 is 2.48 bits per heavy atom. The maximum Gasteiger partial charge on any atom is 0.227 e. The van der Waals surface area contributed by atoms with Gasteiger partial charge in [-0.05, 0) is 31.1 Å². The molecular weight excluding hydrogens is 361 g/mol. The summed E-state index contributed by atoms with van der Waals surface area (Å²) in [5, 5.41) is 0. The lowest BCUT2D eigenvalue weighted by molar-refractivity contribution is 0.122. The van der Waals surface area contributed by atoms with Crippen molar-refractivity contribution in [1.29, 1.82) is 0 Å². The molecule has 0 unspecified atom stereocenters. The van der Waals surface area contributed by atoms with E-state index >= 15 is 0 Å². The largest absolute Gasteiger partial charge is 0.378 e. The number of anilines is 2. The summed E-state index contributed by atoms with van der Waals surface area (Å²) in [5.74, 6) is 3.39. The molecule has 2 N–H and O–H groups in total. The van der Waals surface area contributed by atoms with E-state index in [0.717, 1.165) is 69.2 Å². The van der Waals surface area contributed by atoms with Gasteiger partial charge in [-0.1, -0.05) is 6.92 Å². The zero-order valence-electron chi connectivity index (χ0n) is 14.8. The second-order valence-corrected chi connectivity index (χ2v) is 7.04. The zero-order chi connectivity index (χ0) is 15.8. The van der Waals surface area contributed by atoms with Gasteiger partial charge in [-0.15, -0.1) is 24.8 Å². The van der Waals surface area contributed by atoms with Gasteiger partial charge in [0, 0.05) is 44.0 Å². The highest BCUT2D eigenvalue weighted by Crippen LogP contribution is 2.41. The van der Waals surface area contributed by atoms with Gasteiger partial charge in [0.05, 0.1) is 13.2 Å². The van der Waals surface area contributed by atoms with Gasteiger partial charge in [0.1, 0.15) is 5.82 Å². The van der Waals surface area contributed by atoms with Crippen LogP contribution in [0.1, 0.15) is 25.5 Å². The van der Waals surface area contributed by atoms with Crippen LogP contribution in [0.2, 0.25) is 0 Å². The van der Waals surface area contributed by atoms with Gasteiger partial charge in [0.15, 0.2) is 0 Å². The minimum Gasteiger partial charge on any atom is -0.378 e. The van der Waals surface area contributed by atoms with Crippen molar-refractivity contribution in [2.24, 2.45) is 17.6 Å². The van der Waals surface area contributed by atoms with Gasteiger partial charge in [-0.2, -0.15) is 4.98 Å². The quantitative estimate of drug-likeness (QED) is 0.847. The molecule has 8 heteroatoms. The molecule has 25 heavy (non-hydrogen) atoms. The SMILES string of the molecule is CCc1cc(N2C[C@H](C3CC3)[C@@H](N)C2)nc(N2CCOCC2)n1.Cl.Cl. The number of hydrogen-bond donors (Lipinski definition) is 1. The van der Waals surface area contributed by atoms with Crippen LogP contribution in [-0.4, -0.2) is 55.4 Å². The van der Waals surface area contributed by atoms with Crippen LogP contribution >= 0.6 is 24.8 Å². The fraction of sp³-hybridized carbons (Fsp3) is 0.765. The molecule has 0 amide bonds. The molecule has 4 rings (SSSR count). The van der Waals surface area contributed by atoms with Crippen LogP contribution in [0, 0.1) is 11.8 Å². The maximum absolute atomic E-state index is 6.39. The summed E-state index contributed by atoms with van der Waals surface area (Å²) >= 11 is 0. The molecule has 1 saturated carbocycles. The number of aromatic nitrogens is 2. The van der Waals surface area contributed by atoms with Crippen molar-refractivity contribution in [1.82, 2.24) is 9.97 Å². The van der Waals surface area contributed by atoms with E-state index in [4.69, 9.17) is 20.4 Å². The van der Waals surface area contributed by atoms with E-state index in [1.165, 1.54) is 12.8 Å². The summed E-state index contributed by atoms with van der Waals surface area (Å²) in [6.07, 6.45) is 3.64. The Labute approximate surface area is 162 Å². The van der Waals surface area contributed by atoms with E-state index in [1.807, 2.05) is 0 Å². The summed E-state index contributed by atoms with van der Waals surface area (Å²) in [5.41, 5.74) is 7.50. The number of aryl methyl sites for hydroxylation is 1. The van der Waals surface area contributed by atoms with E-state index in [0.29, 0.717) is 5.92 Å². The molecule has 1 aliphatic carbocycles. The highest BCUT2D eigenvalue weighted by Gasteiger charge is 2.41. The molecule has 1 aromatic rings. The smallest absolute Gasteiger partial charge is 0.227 e. The lowest BCUT2D eigenvalue weighted by Crippen LogP contribution is -2.38. The molecular formula is C17H29Cl2N5O. The Morgan fingerprint density at radius 2 is 1.84 bits per heavy atom. The first-order valence-electron chi connectivity index (χ1n) is 8.95. The van der Waals surface area contributed by atoms with E-state index in [9.17, 15) is 0 Å². The normalized spacial score (nSPS) is 26.2. The number of halogens is 2. The van der Waals surface area contributed by atoms with Gasteiger partial charge in [-0.25, -0.2) is 4.98 Å². The molecule has 6 nitrogen and oxygen atoms in total. The van der Waals surface area contributed by atoms with E-state index in [2.05, 4.69) is 22.8 Å². The van der Waals surface area contributed by atoms with Crippen LogP contribution < -0.4 is 15.5 Å². The maximum atomic E-state index is 6.39.